The van der Waals surface area contributed by atoms with Crippen LogP contribution in [0, 0.1) is 0 Å². The molecule has 0 fully saturated rings. The van der Waals surface area contributed by atoms with Crippen molar-refractivity contribution >= 4 is 35.5 Å². The summed E-state index contributed by atoms with van der Waals surface area (Å²) in [6, 6.07) is 0. The number of allylic oxidation sites excluding steroid dienone is 2. The Morgan fingerprint density at radius 1 is 0.773 bits per heavy atom. The molecule has 0 spiro atoms. The molecular weight excluding hydrogens is 281 g/mol. The van der Waals surface area contributed by atoms with Gasteiger partial charge in [-0.3, -0.25) is 4.79 Å². The summed E-state index contributed by atoms with van der Waals surface area (Å²) in [5.74, 6) is 0.174. The van der Waals surface area contributed by atoms with Crippen LogP contribution >= 0.6 is 0 Å². The van der Waals surface area contributed by atoms with Gasteiger partial charge in [-0.2, -0.15) is 0 Å². The van der Waals surface area contributed by atoms with Crippen LogP contribution in [-0.2, 0) is 4.79 Å². The van der Waals surface area contributed by atoms with Crippen LogP contribution in [0.1, 0.15) is 96.8 Å². The molecule has 0 atom stereocenters. The molecule has 0 aromatic rings. The van der Waals surface area contributed by atoms with Crippen molar-refractivity contribution in [3.05, 3.63) is 12.2 Å². The fourth-order valence-corrected chi connectivity index (χ4v) is 2.48. The van der Waals surface area contributed by atoms with Crippen LogP contribution in [0.15, 0.2) is 12.2 Å². The van der Waals surface area contributed by atoms with Gasteiger partial charge in [-0.05, 0) is 32.1 Å². The molecule has 0 aromatic heterocycles. The fourth-order valence-electron chi connectivity index (χ4n) is 2.48. The van der Waals surface area contributed by atoms with Crippen molar-refractivity contribution < 1.29 is 4.79 Å². The van der Waals surface area contributed by atoms with Gasteiger partial charge in [0.15, 0.2) is 0 Å². The smallest absolute Gasteiger partial charge is 0.219 e. The first-order chi connectivity index (χ1) is 10.3. The molecule has 0 aromatic carbocycles. The van der Waals surface area contributed by atoms with Crippen LogP contribution in [0.25, 0.3) is 0 Å². The minimum absolute atomic E-state index is 0. The Labute approximate surface area is 161 Å². The molecule has 0 unspecified atom stereocenters. The Morgan fingerprint density at radius 2 is 1.23 bits per heavy atom. The van der Waals surface area contributed by atoms with E-state index in [1.165, 1.54) is 77.0 Å². The van der Waals surface area contributed by atoms with Crippen molar-refractivity contribution in [2.45, 2.75) is 96.8 Å². The number of hydrogen-bond donors (Lipinski definition) is 1. The summed E-state index contributed by atoms with van der Waals surface area (Å²) < 4.78 is 0. The fraction of sp³-hybridized carbons (Fsp3) is 0.842. The van der Waals surface area contributed by atoms with E-state index < -0.39 is 0 Å². The number of hydrogen-bond acceptors (Lipinski definition) is 1. The number of carbonyl (C=O) groups excluding carboxylic acids is 1. The molecule has 3 heteroatoms. The molecule has 0 aliphatic carbocycles. The molecule has 1 N–H and O–H groups in total. The van der Waals surface area contributed by atoms with E-state index in [0.29, 0.717) is 6.42 Å². The van der Waals surface area contributed by atoms with E-state index in [0.717, 1.165) is 6.42 Å². The van der Waals surface area contributed by atoms with Crippen molar-refractivity contribution in [3.63, 3.8) is 0 Å². The topological polar surface area (TPSA) is 29.1 Å². The molecule has 0 bridgehead atoms. The molecule has 0 aliphatic rings. The summed E-state index contributed by atoms with van der Waals surface area (Å²) in [5, 5.41) is 2.67. The Bertz CT molecular complexity index is 254. The monoisotopic (exact) mass is 318 g/mol. The maximum Gasteiger partial charge on any atom is 0.219 e. The molecular formula is C19H37NNaO. The summed E-state index contributed by atoms with van der Waals surface area (Å²) >= 11 is 0. The predicted octanol–water partition coefficient (Wildman–Crippen LogP) is 5.39. The van der Waals surface area contributed by atoms with Gasteiger partial charge in [0, 0.05) is 43.0 Å². The second-order valence-electron chi connectivity index (χ2n) is 6.01. The zero-order valence-corrected chi connectivity index (χ0v) is 17.5. The van der Waals surface area contributed by atoms with E-state index in [1.54, 1.807) is 7.05 Å². The molecule has 22 heavy (non-hydrogen) atoms. The van der Waals surface area contributed by atoms with E-state index in [1.807, 2.05) is 0 Å². The van der Waals surface area contributed by atoms with Crippen molar-refractivity contribution in [1.29, 1.82) is 0 Å². The minimum Gasteiger partial charge on any atom is -0.359 e. The maximum atomic E-state index is 11.0. The zero-order chi connectivity index (χ0) is 15.6. The van der Waals surface area contributed by atoms with Crippen molar-refractivity contribution in [1.82, 2.24) is 5.32 Å². The molecule has 1 radical (unpaired) electrons. The Balaban J connectivity index is 0. The standard InChI is InChI=1S/C19H37NO.Na/c1-3-4-5-6-7-8-9-10-11-12-13-14-15-16-17-18-19(21)20-2;/h10-11H,3-9,12-18H2,1-2H3,(H,20,21);/b11-10-;. The first-order valence-corrected chi connectivity index (χ1v) is 9.16. The molecule has 0 rings (SSSR count). The molecule has 1 amide bonds. The van der Waals surface area contributed by atoms with Crippen LogP contribution < -0.4 is 5.32 Å². The molecule has 0 saturated carbocycles. The maximum absolute atomic E-state index is 11.0. The van der Waals surface area contributed by atoms with Gasteiger partial charge in [0.2, 0.25) is 5.91 Å². The second-order valence-corrected chi connectivity index (χ2v) is 6.01. The van der Waals surface area contributed by atoms with Crippen LogP contribution in [0.4, 0.5) is 0 Å². The van der Waals surface area contributed by atoms with Gasteiger partial charge >= 0.3 is 0 Å². The van der Waals surface area contributed by atoms with Crippen molar-refractivity contribution in [2.75, 3.05) is 7.05 Å². The Kier molecular flexibility index (Phi) is 23.6. The summed E-state index contributed by atoms with van der Waals surface area (Å²) in [6.07, 6.45) is 22.3. The number of nitrogens with one attached hydrogen (secondary N) is 1. The van der Waals surface area contributed by atoms with E-state index in [2.05, 4.69) is 24.4 Å². The molecule has 0 aliphatic heterocycles. The average Bonchev–Trinajstić information content (AvgIpc) is 2.50. The van der Waals surface area contributed by atoms with Crippen molar-refractivity contribution in [2.24, 2.45) is 0 Å². The summed E-state index contributed by atoms with van der Waals surface area (Å²) in [4.78, 5) is 11.0. The average molecular weight is 319 g/mol. The van der Waals surface area contributed by atoms with Crippen LogP contribution in [0.2, 0.25) is 0 Å². The van der Waals surface area contributed by atoms with E-state index >= 15 is 0 Å². The van der Waals surface area contributed by atoms with Crippen molar-refractivity contribution in [3.8, 4) is 0 Å². The van der Waals surface area contributed by atoms with E-state index in [4.69, 9.17) is 0 Å². The normalized spacial score (nSPS) is 10.6. The first kappa shape index (κ1) is 24.5. The van der Waals surface area contributed by atoms with Gasteiger partial charge in [0.1, 0.15) is 0 Å². The molecule has 2 nitrogen and oxygen atoms in total. The third-order valence-corrected chi connectivity index (χ3v) is 3.94. The third-order valence-electron chi connectivity index (χ3n) is 3.94. The number of unbranched alkanes of at least 4 members (excludes halogenated alkanes) is 11. The van der Waals surface area contributed by atoms with Crippen LogP contribution in [0.5, 0.6) is 0 Å². The van der Waals surface area contributed by atoms with Crippen LogP contribution in [0.3, 0.4) is 0 Å². The largest absolute Gasteiger partial charge is 0.359 e. The SMILES string of the molecule is CCCCCCCC/C=C\CCCCCCCC(=O)NC.[Na]. The zero-order valence-electron chi connectivity index (χ0n) is 15.5. The van der Waals surface area contributed by atoms with Gasteiger partial charge in [0.25, 0.3) is 0 Å². The summed E-state index contributed by atoms with van der Waals surface area (Å²) in [5.41, 5.74) is 0. The van der Waals surface area contributed by atoms with Gasteiger partial charge in [-0.25, -0.2) is 0 Å². The first-order valence-electron chi connectivity index (χ1n) is 9.16. The molecule has 125 valence electrons. The quantitative estimate of drug-likeness (QED) is 0.245. The molecule has 0 heterocycles. The third kappa shape index (κ3) is 20.2. The van der Waals surface area contributed by atoms with Gasteiger partial charge < -0.3 is 5.32 Å². The summed E-state index contributed by atoms with van der Waals surface area (Å²) in [7, 11) is 1.71. The Hall–Kier alpha value is 0.210. The van der Waals surface area contributed by atoms with E-state index in [9.17, 15) is 4.79 Å². The van der Waals surface area contributed by atoms with Gasteiger partial charge in [-0.15, -0.1) is 0 Å². The Morgan fingerprint density at radius 3 is 1.73 bits per heavy atom. The minimum atomic E-state index is 0. The number of rotatable bonds is 15. The molecule has 0 saturated heterocycles. The van der Waals surface area contributed by atoms with Gasteiger partial charge in [0.05, 0.1) is 0 Å². The second kappa shape index (κ2) is 21.2. The number of amides is 1. The predicted molar refractivity (Wildman–Crippen MR) is 99.3 cm³/mol. The number of carbonyl (C=O) groups is 1. The van der Waals surface area contributed by atoms with Crippen LogP contribution in [-0.4, -0.2) is 42.5 Å². The van der Waals surface area contributed by atoms with E-state index in [-0.39, 0.29) is 35.5 Å². The summed E-state index contributed by atoms with van der Waals surface area (Å²) in [6.45, 7) is 2.27. The van der Waals surface area contributed by atoms with Gasteiger partial charge in [-0.1, -0.05) is 70.4 Å².